The van der Waals surface area contributed by atoms with E-state index in [9.17, 15) is 19.2 Å². The molecule has 1 aliphatic carbocycles. The molecule has 6 rings (SSSR count). The molecule has 3 aromatic rings. The molecule has 13 heteroatoms. The van der Waals surface area contributed by atoms with Crippen molar-refractivity contribution in [2.24, 2.45) is 5.92 Å². The molecule has 232 valence electrons. The van der Waals surface area contributed by atoms with Gasteiger partial charge < -0.3 is 25.0 Å². The fourth-order valence-corrected chi connectivity index (χ4v) is 7.12. The van der Waals surface area contributed by atoms with E-state index in [0.29, 0.717) is 36.4 Å². The number of fused-ring (bicyclic) bond motifs is 3. The average molecular weight is 628 g/mol. The Hall–Kier alpha value is -4.26. The second kappa shape index (κ2) is 13.0. The fourth-order valence-electron chi connectivity index (χ4n) is 6.33. The summed E-state index contributed by atoms with van der Waals surface area (Å²) in [7, 11) is 6.76. The number of thiophene rings is 1. The van der Waals surface area contributed by atoms with E-state index < -0.39 is 47.3 Å². The van der Waals surface area contributed by atoms with Crippen LogP contribution in [-0.2, 0) is 19.1 Å². The Morgan fingerprint density at radius 1 is 1.18 bits per heavy atom. The third-order valence-corrected chi connectivity index (χ3v) is 9.62. The molecule has 2 aliphatic heterocycles. The number of carbonyl (C=O) groups is 4. The van der Waals surface area contributed by atoms with E-state index in [1.165, 1.54) is 23.3 Å². The van der Waals surface area contributed by atoms with Crippen molar-refractivity contribution in [3.8, 4) is 17.1 Å². The molecule has 0 unspecified atom stereocenters. The maximum Gasteiger partial charge on any atom is 0.332 e. The van der Waals surface area contributed by atoms with Gasteiger partial charge in [-0.25, -0.2) is 9.78 Å². The summed E-state index contributed by atoms with van der Waals surface area (Å²) in [5, 5.41) is 7.45. The van der Waals surface area contributed by atoms with Gasteiger partial charge in [0.1, 0.15) is 29.5 Å². The smallest absolute Gasteiger partial charge is 0.332 e. The van der Waals surface area contributed by atoms with E-state index in [1.807, 2.05) is 47.9 Å². The zero-order valence-electron chi connectivity index (χ0n) is 24.9. The maximum absolute atomic E-state index is 14.0. The molecule has 1 saturated carbocycles. The number of rotatable bonds is 5. The lowest BCUT2D eigenvalue weighted by Crippen LogP contribution is -2.56. The molecule has 5 heterocycles. The molecule has 3 aromatic heterocycles. The van der Waals surface area contributed by atoms with Crippen LogP contribution in [0.2, 0.25) is 0 Å². The summed E-state index contributed by atoms with van der Waals surface area (Å²) in [6.07, 6.45) is 9.29. The number of hydrogen-bond acceptors (Lipinski definition) is 9. The number of nitrogens with zero attached hydrogens (tertiary/aromatic N) is 3. The summed E-state index contributed by atoms with van der Waals surface area (Å²) in [5.74, 6) is -1.86. The van der Waals surface area contributed by atoms with Crippen LogP contribution >= 0.6 is 11.3 Å². The SMILES string of the molecule is [B]C(=O)N[C@H]1CCCCCC=C[C@@H]2C[C@@]2(C(=O)OC)NC(=O)[C@@H]2C[C@@H](Oc3cc(-c4ccccn4)nc4ccsc34)CN2C1=O. The quantitative estimate of drug-likeness (QED) is 0.249. The molecule has 0 bridgehead atoms. The molecular formula is C32H34BN5O6S. The van der Waals surface area contributed by atoms with Crippen LogP contribution in [-0.4, -0.2) is 83.7 Å². The highest BCUT2D eigenvalue weighted by Crippen LogP contribution is 2.46. The molecule has 2 radical (unpaired) electrons. The highest BCUT2D eigenvalue weighted by Gasteiger charge is 2.62. The second-order valence-electron chi connectivity index (χ2n) is 11.7. The lowest BCUT2D eigenvalue weighted by atomic mass is 10.0. The Morgan fingerprint density at radius 2 is 2.04 bits per heavy atom. The van der Waals surface area contributed by atoms with E-state index in [0.717, 1.165) is 29.5 Å². The second-order valence-corrected chi connectivity index (χ2v) is 12.6. The normalized spacial score (nSPS) is 27.0. The van der Waals surface area contributed by atoms with Gasteiger partial charge in [0.05, 0.1) is 35.3 Å². The van der Waals surface area contributed by atoms with Gasteiger partial charge in [-0.2, -0.15) is 0 Å². The summed E-state index contributed by atoms with van der Waals surface area (Å²) in [4.78, 5) is 63.4. The Labute approximate surface area is 266 Å². The standard InChI is InChI=1S/C32H34BN5O6S/c1-43-30(41)32-17-19(32)9-5-3-2-4-6-11-23(36-31(33)42)29(40)38-18-20(15-25(38)28(39)37-32)44-26-16-24(21-10-7-8-13-34-21)35-22-12-14-45-27(22)26/h5,7-10,12-14,16,19-20,23,25H,2-4,6,11,15,17-18H2,1H3,(H,36,42)(H,37,39)/t19-,20-,23+,25+,32-/m1/s1. The van der Waals surface area contributed by atoms with Crippen LogP contribution in [0.1, 0.15) is 44.9 Å². The molecular weight excluding hydrogens is 593 g/mol. The third kappa shape index (κ3) is 6.44. The highest BCUT2D eigenvalue weighted by atomic mass is 32.1. The molecule has 5 atom stereocenters. The molecule has 0 aromatic carbocycles. The predicted molar refractivity (Wildman–Crippen MR) is 169 cm³/mol. The number of nitrogens with one attached hydrogen (secondary N) is 2. The van der Waals surface area contributed by atoms with Crippen LogP contribution in [0.5, 0.6) is 5.75 Å². The first-order valence-corrected chi connectivity index (χ1v) is 16.1. The van der Waals surface area contributed by atoms with Crippen molar-refractivity contribution < 1.29 is 28.7 Å². The Bertz CT molecular complexity index is 1630. The van der Waals surface area contributed by atoms with E-state index in [4.69, 9.17) is 22.3 Å². The third-order valence-electron chi connectivity index (χ3n) is 8.70. The van der Waals surface area contributed by atoms with Crippen molar-refractivity contribution in [3.05, 3.63) is 54.1 Å². The largest absolute Gasteiger partial charge is 0.487 e. The van der Waals surface area contributed by atoms with Crippen LogP contribution in [0.4, 0.5) is 4.79 Å². The molecule has 3 aliphatic rings. The number of amides is 3. The first-order chi connectivity index (χ1) is 21.8. The van der Waals surface area contributed by atoms with Crippen molar-refractivity contribution in [1.82, 2.24) is 25.5 Å². The lowest BCUT2D eigenvalue weighted by Gasteiger charge is -2.29. The van der Waals surface area contributed by atoms with Gasteiger partial charge in [0.25, 0.3) is 0 Å². The molecule has 2 N–H and O–H groups in total. The topological polar surface area (TPSA) is 140 Å². The summed E-state index contributed by atoms with van der Waals surface area (Å²) in [6.45, 7) is 0.0938. The Kier molecular flexibility index (Phi) is 8.89. The van der Waals surface area contributed by atoms with Crippen LogP contribution in [0, 0.1) is 5.92 Å². The van der Waals surface area contributed by atoms with Crippen LogP contribution in [0.25, 0.3) is 21.6 Å². The van der Waals surface area contributed by atoms with E-state index in [1.54, 1.807) is 6.20 Å². The number of aromatic nitrogens is 2. The fraction of sp³-hybridized carbons (Fsp3) is 0.438. The summed E-state index contributed by atoms with van der Waals surface area (Å²) in [6, 6.07) is 7.45. The number of methoxy groups -OCH3 is 1. The van der Waals surface area contributed by atoms with Crippen LogP contribution in [0.15, 0.2) is 54.1 Å². The zero-order valence-corrected chi connectivity index (χ0v) is 25.8. The average Bonchev–Trinajstić information content (AvgIpc) is 3.32. The van der Waals surface area contributed by atoms with E-state index >= 15 is 0 Å². The minimum Gasteiger partial charge on any atom is -0.487 e. The summed E-state index contributed by atoms with van der Waals surface area (Å²) < 4.78 is 12.5. The Morgan fingerprint density at radius 3 is 2.82 bits per heavy atom. The zero-order chi connectivity index (χ0) is 31.6. The number of pyridine rings is 2. The molecule has 0 spiro atoms. The van der Waals surface area contributed by atoms with Gasteiger partial charge in [0, 0.05) is 24.6 Å². The maximum atomic E-state index is 14.0. The molecule has 3 amide bonds. The summed E-state index contributed by atoms with van der Waals surface area (Å²) in [5.41, 5.74) is 0.882. The molecule has 1 saturated heterocycles. The first kappa shape index (κ1) is 30.8. The number of esters is 1. The van der Waals surface area contributed by atoms with Gasteiger partial charge in [0.2, 0.25) is 19.7 Å². The van der Waals surface area contributed by atoms with Crippen LogP contribution < -0.4 is 15.4 Å². The number of carbonyl (C=O) groups excluding carboxylic acids is 4. The number of ether oxygens (including phenoxy) is 2. The molecule has 11 nitrogen and oxygen atoms in total. The van der Waals surface area contributed by atoms with Crippen molar-refractivity contribution in [2.75, 3.05) is 13.7 Å². The number of hydrogen-bond donors (Lipinski definition) is 2. The minimum absolute atomic E-state index is 0.0938. The molecule has 45 heavy (non-hydrogen) atoms. The predicted octanol–water partition coefficient (Wildman–Crippen LogP) is 3.52. The van der Waals surface area contributed by atoms with Crippen molar-refractivity contribution in [3.63, 3.8) is 0 Å². The van der Waals surface area contributed by atoms with Gasteiger partial charge in [-0.05, 0) is 49.3 Å². The lowest BCUT2D eigenvalue weighted by molar-refractivity contribution is -0.148. The first-order valence-electron chi connectivity index (χ1n) is 15.2. The van der Waals surface area contributed by atoms with Gasteiger partial charge in [-0.3, -0.25) is 19.4 Å². The molecule has 2 fully saturated rings. The van der Waals surface area contributed by atoms with Gasteiger partial charge >= 0.3 is 5.97 Å². The van der Waals surface area contributed by atoms with Crippen molar-refractivity contribution in [1.29, 1.82) is 0 Å². The highest BCUT2D eigenvalue weighted by molar-refractivity contribution is 7.17. The van der Waals surface area contributed by atoms with Crippen molar-refractivity contribution >= 4 is 53.0 Å². The Balaban J connectivity index is 1.32. The minimum atomic E-state index is -1.19. The van der Waals surface area contributed by atoms with Gasteiger partial charge in [0.15, 0.2) is 5.81 Å². The van der Waals surface area contributed by atoms with E-state index in [-0.39, 0.29) is 18.9 Å². The number of allylic oxidation sites excluding steroid dienone is 1. The van der Waals surface area contributed by atoms with Crippen molar-refractivity contribution in [2.45, 2.75) is 68.7 Å². The van der Waals surface area contributed by atoms with E-state index in [2.05, 4.69) is 15.6 Å². The van der Waals surface area contributed by atoms with Gasteiger partial charge in [-0.1, -0.05) is 31.1 Å². The van der Waals surface area contributed by atoms with Crippen LogP contribution in [0.3, 0.4) is 0 Å². The monoisotopic (exact) mass is 627 g/mol. The summed E-state index contributed by atoms with van der Waals surface area (Å²) >= 11 is 1.48. The van der Waals surface area contributed by atoms with Gasteiger partial charge in [-0.15, -0.1) is 11.3 Å².